The Labute approximate surface area is 176 Å². The molecule has 162 valence electrons. The van der Waals surface area contributed by atoms with Gasteiger partial charge in [-0.3, -0.25) is 10.1 Å². The molecule has 0 spiro atoms. The van der Waals surface area contributed by atoms with E-state index in [4.69, 9.17) is 9.47 Å². The molecule has 2 aromatic rings. The first-order valence-electron chi connectivity index (χ1n) is 10.3. The van der Waals surface area contributed by atoms with Crippen LogP contribution in [-0.2, 0) is 6.54 Å². The summed E-state index contributed by atoms with van der Waals surface area (Å²) >= 11 is 0. The number of hydrogen-bond acceptors (Lipinski definition) is 8. The van der Waals surface area contributed by atoms with Gasteiger partial charge in [0, 0.05) is 25.7 Å². The first-order chi connectivity index (χ1) is 14.5. The standard InChI is InChI=1S/C21H29N5O4/c1-4-5-15-6-8-25(9-7-15)21-19(26(27)28)20(23-14-24-21)22-13-16-10-17(29-2)12-18(11-16)30-3/h10-12,14-15H,4-9,13H2,1-3H3,(H,22,23,24). The molecule has 30 heavy (non-hydrogen) atoms. The second-order valence-corrected chi connectivity index (χ2v) is 7.45. The van der Waals surface area contributed by atoms with Crippen LogP contribution in [0, 0.1) is 16.0 Å². The van der Waals surface area contributed by atoms with E-state index < -0.39 is 4.92 Å². The van der Waals surface area contributed by atoms with Gasteiger partial charge in [-0.05, 0) is 36.5 Å². The van der Waals surface area contributed by atoms with E-state index in [1.165, 1.54) is 19.2 Å². The Bertz CT molecular complexity index is 846. The minimum atomic E-state index is -0.401. The van der Waals surface area contributed by atoms with Gasteiger partial charge in [0.25, 0.3) is 0 Å². The van der Waals surface area contributed by atoms with Gasteiger partial charge in [0.15, 0.2) is 0 Å². The Hall–Kier alpha value is -3.10. The molecule has 0 radical (unpaired) electrons. The maximum absolute atomic E-state index is 11.9. The summed E-state index contributed by atoms with van der Waals surface area (Å²) < 4.78 is 10.6. The predicted octanol–water partition coefficient (Wildman–Crippen LogP) is 4.03. The van der Waals surface area contributed by atoms with Crippen LogP contribution in [0.4, 0.5) is 17.3 Å². The van der Waals surface area contributed by atoms with Gasteiger partial charge in [0.05, 0.1) is 19.1 Å². The number of nitrogens with zero attached hydrogens (tertiary/aromatic N) is 4. The summed E-state index contributed by atoms with van der Waals surface area (Å²) in [5, 5.41) is 15.0. The van der Waals surface area contributed by atoms with Crippen LogP contribution in [-0.4, -0.2) is 42.2 Å². The van der Waals surface area contributed by atoms with Gasteiger partial charge in [0.1, 0.15) is 17.8 Å². The Morgan fingerprint density at radius 1 is 1.17 bits per heavy atom. The quantitative estimate of drug-likeness (QED) is 0.484. The maximum Gasteiger partial charge on any atom is 0.353 e. The third-order valence-electron chi connectivity index (χ3n) is 5.47. The lowest BCUT2D eigenvalue weighted by Gasteiger charge is -2.32. The first-order valence-corrected chi connectivity index (χ1v) is 10.3. The van der Waals surface area contributed by atoms with Gasteiger partial charge in [-0.25, -0.2) is 9.97 Å². The van der Waals surface area contributed by atoms with Crippen LogP contribution in [0.2, 0.25) is 0 Å². The van der Waals surface area contributed by atoms with Crippen LogP contribution >= 0.6 is 0 Å². The number of ether oxygens (including phenoxy) is 2. The SMILES string of the molecule is CCCC1CCN(c2ncnc(NCc3cc(OC)cc(OC)c3)c2[N+](=O)[O-])CC1. The van der Waals surface area contributed by atoms with Crippen molar-refractivity contribution < 1.29 is 14.4 Å². The number of piperidine rings is 1. The van der Waals surface area contributed by atoms with E-state index in [0.717, 1.165) is 31.5 Å². The second-order valence-electron chi connectivity index (χ2n) is 7.45. The molecule has 1 aromatic heterocycles. The zero-order valence-electron chi connectivity index (χ0n) is 17.8. The smallest absolute Gasteiger partial charge is 0.353 e. The number of nitro groups is 1. The Balaban J connectivity index is 1.79. The third kappa shape index (κ3) is 5.08. The van der Waals surface area contributed by atoms with Gasteiger partial charge in [-0.15, -0.1) is 0 Å². The lowest BCUT2D eigenvalue weighted by molar-refractivity contribution is -0.383. The molecule has 0 saturated carbocycles. The molecule has 1 saturated heterocycles. The fourth-order valence-corrected chi connectivity index (χ4v) is 3.89. The summed E-state index contributed by atoms with van der Waals surface area (Å²) in [7, 11) is 3.16. The van der Waals surface area contributed by atoms with Crippen LogP contribution in [0.25, 0.3) is 0 Å². The average Bonchev–Trinajstić information content (AvgIpc) is 2.77. The molecule has 0 bridgehead atoms. The highest BCUT2D eigenvalue weighted by Crippen LogP contribution is 2.35. The minimum Gasteiger partial charge on any atom is -0.497 e. The first kappa shape index (κ1) is 21.6. The van der Waals surface area contributed by atoms with Crippen LogP contribution in [0.5, 0.6) is 11.5 Å². The van der Waals surface area contributed by atoms with Gasteiger partial charge in [-0.2, -0.15) is 0 Å². The Kier molecular flexibility index (Phi) is 7.26. The molecule has 3 rings (SSSR count). The summed E-state index contributed by atoms with van der Waals surface area (Å²) in [6.07, 6.45) is 5.82. The van der Waals surface area contributed by atoms with Crippen molar-refractivity contribution in [3.05, 3.63) is 40.2 Å². The molecule has 0 amide bonds. The maximum atomic E-state index is 11.9. The highest BCUT2D eigenvalue weighted by atomic mass is 16.6. The van der Waals surface area contributed by atoms with Crippen molar-refractivity contribution in [1.29, 1.82) is 0 Å². The number of aromatic nitrogens is 2. The third-order valence-corrected chi connectivity index (χ3v) is 5.47. The monoisotopic (exact) mass is 415 g/mol. The molecule has 2 heterocycles. The summed E-state index contributed by atoms with van der Waals surface area (Å²) in [4.78, 5) is 21.9. The molecular formula is C21H29N5O4. The molecule has 0 aliphatic carbocycles. The van der Waals surface area contributed by atoms with E-state index in [9.17, 15) is 10.1 Å². The van der Waals surface area contributed by atoms with E-state index >= 15 is 0 Å². The second kappa shape index (κ2) is 10.1. The number of methoxy groups -OCH3 is 2. The highest BCUT2D eigenvalue weighted by molar-refractivity contribution is 5.70. The molecule has 1 aliphatic heterocycles. The molecule has 9 nitrogen and oxygen atoms in total. The minimum absolute atomic E-state index is 0.0821. The van der Waals surface area contributed by atoms with E-state index in [1.807, 2.05) is 17.0 Å². The Morgan fingerprint density at radius 2 is 1.83 bits per heavy atom. The van der Waals surface area contributed by atoms with Crippen molar-refractivity contribution in [3.8, 4) is 11.5 Å². The predicted molar refractivity (Wildman–Crippen MR) is 115 cm³/mol. The number of anilines is 2. The zero-order chi connectivity index (χ0) is 21.5. The lowest BCUT2D eigenvalue weighted by atomic mass is 9.92. The lowest BCUT2D eigenvalue weighted by Crippen LogP contribution is -2.34. The van der Waals surface area contributed by atoms with Crippen LogP contribution in [0.1, 0.15) is 38.2 Å². The zero-order valence-corrected chi connectivity index (χ0v) is 17.8. The van der Waals surface area contributed by atoms with E-state index in [1.54, 1.807) is 20.3 Å². The highest BCUT2D eigenvalue weighted by Gasteiger charge is 2.29. The molecular weight excluding hydrogens is 386 g/mol. The van der Waals surface area contributed by atoms with E-state index in [-0.39, 0.29) is 11.5 Å². The van der Waals surface area contributed by atoms with Crippen molar-refractivity contribution >= 4 is 17.3 Å². The fraction of sp³-hybridized carbons (Fsp3) is 0.524. The summed E-state index contributed by atoms with van der Waals surface area (Å²) in [6, 6.07) is 5.47. The van der Waals surface area contributed by atoms with Crippen molar-refractivity contribution in [2.75, 3.05) is 37.5 Å². The molecule has 1 fully saturated rings. The number of benzene rings is 1. The van der Waals surface area contributed by atoms with Crippen LogP contribution < -0.4 is 19.7 Å². The normalized spacial score (nSPS) is 14.4. The van der Waals surface area contributed by atoms with Gasteiger partial charge >= 0.3 is 5.69 Å². The Morgan fingerprint density at radius 3 is 2.40 bits per heavy atom. The molecule has 1 aliphatic rings. The number of rotatable bonds is 9. The van der Waals surface area contributed by atoms with Gasteiger partial charge in [0.2, 0.25) is 11.6 Å². The van der Waals surface area contributed by atoms with Crippen LogP contribution in [0.3, 0.4) is 0 Å². The fourth-order valence-electron chi connectivity index (χ4n) is 3.89. The molecule has 0 atom stereocenters. The largest absolute Gasteiger partial charge is 0.497 e. The number of hydrogen-bond donors (Lipinski definition) is 1. The molecule has 0 unspecified atom stereocenters. The number of nitrogens with one attached hydrogen (secondary N) is 1. The van der Waals surface area contributed by atoms with E-state index in [2.05, 4.69) is 22.2 Å². The summed E-state index contributed by atoms with van der Waals surface area (Å²) in [5.74, 6) is 2.59. The van der Waals surface area contributed by atoms with Gasteiger partial charge in [-0.1, -0.05) is 19.8 Å². The average molecular weight is 415 g/mol. The topological polar surface area (TPSA) is 103 Å². The molecule has 9 heteroatoms. The molecule has 1 aromatic carbocycles. The molecule has 1 N–H and O–H groups in total. The van der Waals surface area contributed by atoms with Crippen molar-refractivity contribution in [2.45, 2.75) is 39.2 Å². The van der Waals surface area contributed by atoms with Crippen molar-refractivity contribution in [3.63, 3.8) is 0 Å². The van der Waals surface area contributed by atoms with Crippen molar-refractivity contribution in [2.24, 2.45) is 5.92 Å². The summed E-state index contributed by atoms with van der Waals surface area (Å²) in [6.45, 7) is 4.07. The van der Waals surface area contributed by atoms with E-state index in [0.29, 0.717) is 29.8 Å². The van der Waals surface area contributed by atoms with Crippen LogP contribution in [0.15, 0.2) is 24.5 Å². The van der Waals surface area contributed by atoms with Gasteiger partial charge < -0.3 is 19.7 Å². The van der Waals surface area contributed by atoms with Crippen molar-refractivity contribution in [1.82, 2.24) is 9.97 Å². The summed E-state index contributed by atoms with van der Waals surface area (Å²) in [5.41, 5.74) is 0.780.